The third-order valence-corrected chi connectivity index (χ3v) is 5.97. The van der Waals surface area contributed by atoms with Crippen molar-refractivity contribution >= 4 is 22.6 Å². The molecule has 1 unspecified atom stereocenters. The third kappa shape index (κ3) is 2.20. The Balaban J connectivity index is 1.96. The van der Waals surface area contributed by atoms with Gasteiger partial charge in [-0.3, -0.25) is 4.79 Å². The summed E-state index contributed by atoms with van der Waals surface area (Å²) in [6.07, 6.45) is 5.96. The van der Waals surface area contributed by atoms with E-state index in [1.165, 1.54) is 19.3 Å². The number of benzene rings is 1. The molecule has 1 aliphatic heterocycles. The van der Waals surface area contributed by atoms with Gasteiger partial charge >= 0.3 is 0 Å². The van der Waals surface area contributed by atoms with E-state index in [2.05, 4.69) is 17.0 Å². The van der Waals surface area contributed by atoms with Crippen LogP contribution in [0.1, 0.15) is 39.0 Å². The SMILES string of the molecule is COc1ccc(N2C(C)C(=O)SC23CCCCC3)cc1. The van der Waals surface area contributed by atoms with Gasteiger partial charge in [0.1, 0.15) is 5.75 Å². The first-order chi connectivity index (χ1) is 9.66. The van der Waals surface area contributed by atoms with Gasteiger partial charge in [0.15, 0.2) is 0 Å². The molecule has 2 fully saturated rings. The number of ether oxygens (including phenoxy) is 1. The lowest BCUT2D eigenvalue weighted by molar-refractivity contribution is -0.111. The van der Waals surface area contributed by atoms with Crippen molar-refractivity contribution in [3.63, 3.8) is 0 Å². The van der Waals surface area contributed by atoms with Crippen LogP contribution in [0.15, 0.2) is 24.3 Å². The number of hydrogen-bond acceptors (Lipinski definition) is 4. The van der Waals surface area contributed by atoms with E-state index in [0.29, 0.717) is 5.12 Å². The summed E-state index contributed by atoms with van der Waals surface area (Å²) < 4.78 is 5.23. The highest BCUT2D eigenvalue weighted by molar-refractivity contribution is 8.15. The molecule has 0 radical (unpaired) electrons. The average Bonchev–Trinajstić information content (AvgIpc) is 2.71. The maximum atomic E-state index is 12.3. The predicted molar refractivity (Wildman–Crippen MR) is 83.3 cm³/mol. The van der Waals surface area contributed by atoms with Gasteiger partial charge in [-0.15, -0.1) is 0 Å². The van der Waals surface area contributed by atoms with Crippen LogP contribution in [-0.4, -0.2) is 23.1 Å². The number of hydrogen-bond donors (Lipinski definition) is 0. The second-order valence-corrected chi connectivity index (χ2v) is 7.04. The summed E-state index contributed by atoms with van der Waals surface area (Å²) in [4.78, 5) is 14.6. The standard InChI is InChI=1S/C16H21NO2S/c1-12-15(18)20-16(10-4-3-5-11-16)17(12)13-6-8-14(19-2)9-7-13/h6-9,12H,3-5,10-11H2,1-2H3. The van der Waals surface area contributed by atoms with Gasteiger partial charge in [0.25, 0.3) is 0 Å². The first-order valence-corrected chi connectivity index (χ1v) is 8.14. The number of methoxy groups -OCH3 is 1. The second kappa shape index (κ2) is 5.32. The van der Waals surface area contributed by atoms with Gasteiger partial charge < -0.3 is 9.64 Å². The van der Waals surface area contributed by atoms with Gasteiger partial charge in [0.2, 0.25) is 5.12 Å². The lowest BCUT2D eigenvalue weighted by Crippen LogP contribution is -2.47. The highest BCUT2D eigenvalue weighted by atomic mass is 32.2. The largest absolute Gasteiger partial charge is 0.497 e. The topological polar surface area (TPSA) is 29.5 Å². The second-order valence-electron chi connectivity index (χ2n) is 5.67. The van der Waals surface area contributed by atoms with E-state index < -0.39 is 0 Å². The summed E-state index contributed by atoms with van der Waals surface area (Å²) in [7, 11) is 1.68. The van der Waals surface area contributed by atoms with Crippen LogP contribution in [-0.2, 0) is 4.79 Å². The van der Waals surface area contributed by atoms with E-state index in [9.17, 15) is 4.79 Å². The van der Waals surface area contributed by atoms with E-state index in [-0.39, 0.29) is 10.9 Å². The number of carbonyl (C=O) groups is 1. The third-order valence-electron chi connectivity index (χ3n) is 4.44. The van der Waals surface area contributed by atoms with Crippen molar-refractivity contribution in [1.82, 2.24) is 0 Å². The summed E-state index contributed by atoms with van der Waals surface area (Å²) >= 11 is 1.57. The van der Waals surface area contributed by atoms with Crippen LogP contribution in [0, 0.1) is 0 Å². The quantitative estimate of drug-likeness (QED) is 0.828. The molecule has 3 rings (SSSR count). The van der Waals surface area contributed by atoms with Crippen LogP contribution in [0.5, 0.6) is 5.75 Å². The van der Waals surface area contributed by atoms with Gasteiger partial charge in [0, 0.05) is 5.69 Å². The maximum absolute atomic E-state index is 12.3. The molecule has 0 amide bonds. The lowest BCUT2D eigenvalue weighted by Gasteiger charge is -2.42. The Morgan fingerprint density at radius 3 is 2.45 bits per heavy atom. The van der Waals surface area contributed by atoms with Crippen LogP contribution >= 0.6 is 11.8 Å². The van der Waals surface area contributed by atoms with Crippen molar-refractivity contribution in [1.29, 1.82) is 0 Å². The summed E-state index contributed by atoms with van der Waals surface area (Å²) in [5, 5.41) is 0.308. The fraction of sp³-hybridized carbons (Fsp3) is 0.562. The molecule has 20 heavy (non-hydrogen) atoms. The molecular formula is C16H21NO2S. The van der Waals surface area contributed by atoms with Crippen LogP contribution in [0.3, 0.4) is 0 Å². The Morgan fingerprint density at radius 1 is 1.20 bits per heavy atom. The van der Waals surface area contributed by atoms with Crippen molar-refractivity contribution in [2.45, 2.75) is 49.9 Å². The minimum atomic E-state index is -0.0357. The first-order valence-electron chi connectivity index (χ1n) is 7.32. The van der Waals surface area contributed by atoms with E-state index in [1.54, 1.807) is 18.9 Å². The zero-order valence-electron chi connectivity index (χ0n) is 12.1. The molecule has 0 bridgehead atoms. The monoisotopic (exact) mass is 291 g/mol. The van der Waals surface area contributed by atoms with Crippen molar-refractivity contribution in [3.05, 3.63) is 24.3 Å². The number of nitrogens with zero attached hydrogens (tertiary/aromatic N) is 1. The van der Waals surface area contributed by atoms with Crippen molar-refractivity contribution in [2.75, 3.05) is 12.0 Å². The molecule has 2 aliphatic rings. The smallest absolute Gasteiger partial charge is 0.213 e. The molecule has 1 saturated carbocycles. The molecule has 0 aromatic heterocycles. The predicted octanol–water partition coefficient (Wildman–Crippen LogP) is 3.82. The van der Waals surface area contributed by atoms with E-state index in [0.717, 1.165) is 24.3 Å². The number of rotatable bonds is 2. The van der Waals surface area contributed by atoms with E-state index in [1.807, 2.05) is 19.1 Å². The number of carbonyl (C=O) groups excluding carboxylic acids is 1. The van der Waals surface area contributed by atoms with Crippen molar-refractivity contribution in [3.8, 4) is 5.75 Å². The van der Waals surface area contributed by atoms with Gasteiger partial charge in [-0.05, 0) is 44.0 Å². The maximum Gasteiger partial charge on any atom is 0.213 e. The fourth-order valence-corrected chi connectivity index (χ4v) is 4.93. The molecule has 108 valence electrons. The summed E-state index contributed by atoms with van der Waals surface area (Å²) in [5.74, 6) is 0.859. The molecule has 1 spiro atoms. The lowest BCUT2D eigenvalue weighted by atomic mass is 9.92. The Kier molecular flexibility index (Phi) is 3.67. The summed E-state index contributed by atoms with van der Waals surface area (Å²) in [6, 6.07) is 8.07. The Bertz CT molecular complexity index is 494. The average molecular weight is 291 g/mol. The van der Waals surface area contributed by atoms with Crippen LogP contribution in [0.2, 0.25) is 0 Å². The Hall–Kier alpha value is -1.16. The molecule has 1 aromatic rings. The summed E-state index contributed by atoms with van der Waals surface area (Å²) in [6.45, 7) is 2.03. The Morgan fingerprint density at radius 2 is 1.85 bits per heavy atom. The zero-order chi connectivity index (χ0) is 14.2. The van der Waals surface area contributed by atoms with Crippen LogP contribution in [0.25, 0.3) is 0 Å². The highest BCUT2D eigenvalue weighted by Gasteiger charge is 2.50. The van der Waals surface area contributed by atoms with Crippen LogP contribution in [0.4, 0.5) is 5.69 Å². The minimum absolute atomic E-state index is 0.0106. The van der Waals surface area contributed by atoms with Gasteiger partial charge in [-0.25, -0.2) is 0 Å². The molecule has 1 heterocycles. The van der Waals surface area contributed by atoms with Gasteiger partial charge in [-0.1, -0.05) is 31.0 Å². The fourth-order valence-electron chi connectivity index (χ4n) is 3.43. The Labute approximate surface area is 124 Å². The molecule has 1 aromatic carbocycles. The highest BCUT2D eigenvalue weighted by Crippen LogP contribution is 2.51. The van der Waals surface area contributed by atoms with Crippen molar-refractivity contribution in [2.24, 2.45) is 0 Å². The van der Waals surface area contributed by atoms with Crippen molar-refractivity contribution < 1.29 is 9.53 Å². The molecule has 1 saturated heterocycles. The van der Waals surface area contributed by atoms with Gasteiger partial charge in [0.05, 0.1) is 18.0 Å². The molecule has 1 aliphatic carbocycles. The molecular weight excluding hydrogens is 270 g/mol. The molecule has 3 nitrogen and oxygen atoms in total. The summed E-state index contributed by atoms with van der Waals surface area (Å²) in [5.41, 5.74) is 1.14. The number of anilines is 1. The zero-order valence-corrected chi connectivity index (χ0v) is 12.9. The molecule has 1 atom stereocenters. The van der Waals surface area contributed by atoms with Gasteiger partial charge in [-0.2, -0.15) is 0 Å². The number of thioether (sulfide) groups is 1. The van der Waals surface area contributed by atoms with E-state index >= 15 is 0 Å². The molecule has 4 heteroatoms. The van der Waals surface area contributed by atoms with Crippen LogP contribution < -0.4 is 9.64 Å². The first kappa shape index (κ1) is 13.8. The minimum Gasteiger partial charge on any atom is -0.497 e. The molecule has 0 N–H and O–H groups in total. The van der Waals surface area contributed by atoms with E-state index in [4.69, 9.17) is 4.74 Å². The normalized spacial score (nSPS) is 25.2.